The van der Waals surface area contributed by atoms with Gasteiger partial charge in [0, 0.05) is 55.5 Å². The zero-order chi connectivity index (χ0) is 62.1. The van der Waals surface area contributed by atoms with Crippen LogP contribution in [-0.2, 0) is 49.3 Å². The van der Waals surface area contributed by atoms with Gasteiger partial charge in [-0.25, -0.2) is 14.4 Å². The van der Waals surface area contributed by atoms with Crippen LogP contribution in [0, 0.1) is 11.8 Å². The molecule has 3 heterocycles. The number of nitrogens with two attached hydrogens (primary N) is 1. The molecular weight excluding hydrogens is 1250 g/mol. The number of alkyl halides is 2. The molecule has 1 unspecified atom stereocenters. The Hall–Kier alpha value is -5.87. The Labute approximate surface area is 511 Å². The maximum atomic E-state index is 14.5. The second kappa shape index (κ2) is 31.5. The van der Waals surface area contributed by atoms with Crippen LogP contribution in [-0.4, -0.2) is 165 Å². The van der Waals surface area contributed by atoms with Crippen molar-refractivity contribution in [2.45, 2.75) is 145 Å². The molecular formula is C57H80Br2ClN9O15. The number of hydrogen-bond acceptors (Lipinski definition) is 17. The van der Waals surface area contributed by atoms with Crippen molar-refractivity contribution in [1.82, 2.24) is 26.6 Å². The number of rotatable bonds is 26. The van der Waals surface area contributed by atoms with Crippen molar-refractivity contribution < 1.29 is 71.9 Å². The number of carbonyl (C=O) groups is 8. The van der Waals surface area contributed by atoms with E-state index < -0.39 is 108 Å². The van der Waals surface area contributed by atoms with Crippen LogP contribution in [0.3, 0.4) is 0 Å². The lowest BCUT2D eigenvalue weighted by Crippen LogP contribution is -2.63. The number of nitrogens with zero attached hydrogens (tertiary/aromatic N) is 1. The molecule has 24 nitrogen and oxygen atoms in total. The van der Waals surface area contributed by atoms with Gasteiger partial charge in [-0.3, -0.25) is 30.3 Å². The van der Waals surface area contributed by atoms with Crippen LogP contribution in [0.1, 0.15) is 85.1 Å². The third-order valence-corrected chi connectivity index (χ3v) is 17.5. The minimum atomic E-state index is -1.91. The number of benzene rings is 2. The molecule has 2 aromatic carbocycles. The second-order valence-electron chi connectivity index (χ2n) is 21.8. The Balaban J connectivity index is 1.36. The topological polar surface area (TPSA) is 329 Å². The fraction of sp³-hybridized carbons (Fsp3) is 0.579. The molecule has 2 fully saturated rings. The van der Waals surface area contributed by atoms with Gasteiger partial charge in [-0.2, -0.15) is 0 Å². The highest BCUT2D eigenvalue weighted by Gasteiger charge is 2.64. The van der Waals surface area contributed by atoms with Crippen LogP contribution in [0.2, 0.25) is 5.02 Å². The van der Waals surface area contributed by atoms with Crippen molar-refractivity contribution in [3.05, 3.63) is 64.7 Å². The molecule has 0 radical (unpaired) electrons. The largest absolute Gasteiger partial charge is 0.495 e. The molecule has 0 saturated carbocycles. The van der Waals surface area contributed by atoms with Crippen molar-refractivity contribution in [2.75, 3.05) is 67.7 Å². The number of carbonyl (C=O) groups excluding carboxylic acids is 8. The first-order valence-electron chi connectivity index (χ1n) is 27.6. The molecule has 27 heteroatoms. The van der Waals surface area contributed by atoms with E-state index in [1.165, 1.54) is 51.5 Å². The lowest BCUT2D eigenvalue weighted by Gasteiger charge is -2.42. The minimum absolute atomic E-state index is 0.0510. The van der Waals surface area contributed by atoms with Crippen LogP contribution >= 0.6 is 43.5 Å². The van der Waals surface area contributed by atoms with Crippen molar-refractivity contribution in [2.24, 2.45) is 17.6 Å². The quantitative estimate of drug-likeness (QED) is 0.0228. The smallest absolute Gasteiger partial charge is 0.412 e. The van der Waals surface area contributed by atoms with E-state index in [9.17, 15) is 43.5 Å². The summed E-state index contributed by atoms with van der Waals surface area (Å²) in [7, 11) is 5.73. The molecule has 10 N–H and O–H groups in total. The number of hydrogen-bond donors (Lipinski definition) is 9. The lowest BCUT2D eigenvalue weighted by atomic mass is 9.83. The Morgan fingerprint density at radius 3 is 2.35 bits per heavy atom. The van der Waals surface area contributed by atoms with E-state index >= 15 is 0 Å². The number of fused-ring (bicyclic) bond motifs is 5. The summed E-state index contributed by atoms with van der Waals surface area (Å²) >= 11 is 13.6. The van der Waals surface area contributed by atoms with Crippen LogP contribution in [0.5, 0.6) is 11.5 Å². The summed E-state index contributed by atoms with van der Waals surface area (Å²) < 4.78 is 35.1. The molecule has 2 saturated heterocycles. The molecule has 5 rings (SSSR count). The van der Waals surface area contributed by atoms with Gasteiger partial charge in [-0.05, 0) is 88.2 Å². The summed E-state index contributed by atoms with van der Waals surface area (Å²) in [6.45, 7) is 9.51. The number of epoxide rings is 1. The van der Waals surface area contributed by atoms with E-state index in [2.05, 4.69) is 69.1 Å². The Morgan fingerprint density at radius 1 is 1.00 bits per heavy atom. The molecule has 4 bridgehead atoms. The second-order valence-corrected chi connectivity index (χ2v) is 23.3. The van der Waals surface area contributed by atoms with E-state index in [0.717, 1.165) is 23.7 Å². The average Bonchev–Trinajstić information content (AvgIpc) is 2.39. The van der Waals surface area contributed by atoms with Crippen LogP contribution in [0.25, 0.3) is 0 Å². The third-order valence-electron chi connectivity index (χ3n) is 15.1. The zero-order valence-corrected chi connectivity index (χ0v) is 52.7. The third kappa shape index (κ3) is 18.3. The molecule has 464 valence electrons. The maximum absolute atomic E-state index is 14.5. The molecule has 84 heavy (non-hydrogen) atoms. The maximum Gasteiger partial charge on any atom is 0.412 e. The van der Waals surface area contributed by atoms with Crippen LogP contribution in [0.4, 0.5) is 31.4 Å². The number of urea groups is 1. The number of methoxy groups -OCH3 is 3. The van der Waals surface area contributed by atoms with Crippen LogP contribution in [0.15, 0.2) is 54.1 Å². The molecule has 7 amide bonds. The summed E-state index contributed by atoms with van der Waals surface area (Å²) in [5.41, 5.74) is 3.51. The predicted octanol–water partition coefficient (Wildman–Crippen LogP) is 5.92. The average molecular weight is 1330 g/mol. The van der Waals surface area contributed by atoms with E-state index in [1.54, 1.807) is 52.0 Å². The van der Waals surface area contributed by atoms with Crippen molar-refractivity contribution in [3.8, 4) is 11.5 Å². The van der Waals surface area contributed by atoms with Gasteiger partial charge < -0.3 is 75.0 Å². The fourth-order valence-electron chi connectivity index (χ4n) is 10.1. The van der Waals surface area contributed by atoms with Gasteiger partial charge in [0.25, 0.3) is 0 Å². The lowest BCUT2D eigenvalue weighted by molar-refractivity contribution is -0.142. The van der Waals surface area contributed by atoms with E-state index in [1.807, 2.05) is 13.0 Å². The molecule has 3 aliphatic heterocycles. The highest BCUT2D eigenvalue weighted by atomic mass is 79.9. The SMILES string of the molecule is COc1cc(NC(=O)O[C@H]2CC(=O)N(C)c3cc(cc(OC)c3Cl)C/C(C)=C/C=C/[C@@H](OC)[C@@]3(O)C[C@H](OC(=O)N3)[C@@H](C)[C@@H]3O[C@@]23C)ccc1NC(=O)[C@H](CCCNC(N)=O)NC(=O)[C@@H](NC(C=O)CCCCNC(C=O)(CBr)CBr)C(C)C. The zero-order valence-electron chi connectivity index (χ0n) is 48.8. The van der Waals surface area contributed by atoms with Gasteiger partial charge in [0.05, 0.1) is 55.7 Å². The summed E-state index contributed by atoms with van der Waals surface area (Å²) in [6.07, 6.45) is 2.62. The first-order valence-corrected chi connectivity index (χ1v) is 30.2. The normalized spacial score (nSPS) is 24.7. The summed E-state index contributed by atoms with van der Waals surface area (Å²) in [5.74, 6) is -2.28. The molecule has 2 aromatic rings. The Kier molecular flexibility index (Phi) is 25.8. The number of ether oxygens (including phenoxy) is 6. The van der Waals surface area contributed by atoms with E-state index in [-0.39, 0.29) is 53.9 Å². The number of aliphatic hydroxyl groups is 1. The highest BCUT2D eigenvalue weighted by molar-refractivity contribution is 9.10. The summed E-state index contributed by atoms with van der Waals surface area (Å²) in [6, 6.07) is 4.30. The number of allylic oxidation sites excluding steroid dienone is 3. The number of nitrogens with one attached hydrogen (secondary N) is 7. The van der Waals surface area contributed by atoms with Crippen molar-refractivity contribution in [3.63, 3.8) is 0 Å². The molecule has 10 atom stereocenters. The number of amides is 7. The van der Waals surface area contributed by atoms with Crippen molar-refractivity contribution in [1.29, 1.82) is 0 Å². The van der Waals surface area contributed by atoms with E-state index in [0.29, 0.717) is 54.3 Å². The number of anilines is 3. The number of primary amides is 1. The van der Waals surface area contributed by atoms with Gasteiger partial charge in [0.15, 0.2) is 5.72 Å². The molecule has 0 aliphatic carbocycles. The molecule has 0 aromatic heterocycles. The van der Waals surface area contributed by atoms with Crippen molar-refractivity contribution >= 4 is 109 Å². The monoisotopic (exact) mass is 1320 g/mol. The van der Waals surface area contributed by atoms with Crippen LogP contribution < -0.4 is 57.3 Å². The van der Waals surface area contributed by atoms with E-state index in [4.69, 9.17) is 45.8 Å². The number of alkyl carbamates (subject to hydrolysis) is 1. The number of halogens is 3. The summed E-state index contributed by atoms with van der Waals surface area (Å²) in [4.78, 5) is 107. The number of aldehydes is 2. The predicted molar refractivity (Wildman–Crippen MR) is 323 cm³/mol. The Bertz CT molecular complexity index is 2740. The molecule has 0 spiro atoms. The van der Waals surface area contributed by atoms with Gasteiger partial charge in [0.2, 0.25) is 17.7 Å². The van der Waals surface area contributed by atoms with Gasteiger partial charge in [0.1, 0.15) is 59.0 Å². The Morgan fingerprint density at radius 2 is 1.71 bits per heavy atom. The minimum Gasteiger partial charge on any atom is -0.495 e. The molecule has 3 aliphatic rings. The number of unbranched alkanes of at least 4 members (excludes halogenated alkanes) is 1. The van der Waals surface area contributed by atoms with Gasteiger partial charge in [-0.15, -0.1) is 0 Å². The van der Waals surface area contributed by atoms with Gasteiger partial charge >= 0.3 is 18.2 Å². The summed E-state index contributed by atoms with van der Waals surface area (Å²) in [5, 5.41) is 32.5. The first kappa shape index (κ1) is 68.9. The standard InChI is InChI=1S/C57H80Br2ClN9O15/c1-32(2)48(64-37(28-70)15-10-11-21-63-56(29-58,30-59)31-71)51(74)67-39(16-13-20-62-52(61)75)50(73)66-38-19-18-36(25-41(38)79-7)65-53(76)83-45-26-46(72)69(6)40-23-35(24-42(80-8)47(40)60)22-33(3)14-12-17-44(81-9)57(78)27-43(82-54(77)68-57)34(4)49-55(45,5)84-49/h12,14,17-19,23-25,28,31-32,34,37,39,43-45,48-49,63-64,78H,10-11,13,15-16,20-22,26-27,29-30H2,1-9H3,(H,65,76)(H,66,73)(H,67,74)(H,68,77)(H3,61,62,75)/b17-12+,33-14+/t34-,37?,39+,43+,44-,45+,48+,49+,55+,57+/m1/s1. The van der Waals surface area contributed by atoms with Gasteiger partial charge in [-0.1, -0.05) is 94.5 Å². The fourth-order valence-corrected chi connectivity index (χ4v) is 12.0. The first-order chi connectivity index (χ1) is 39.8. The highest BCUT2D eigenvalue weighted by Crippen LogP contribution is 2.49.